The van der Waals surface area contributed by atoms with Gasteiger partial charge in [-0.1, -0.05) is 0 Å². The molecule has 0 saturated heterocycles. The van der Waals surface area contributed by atoms with Crippen molar-refractivity contribution >= 4 is 5.91 Å². The molecular formula is C10H9F4NO2. The van der Waals surface area contributed by atoms with Crippen LogP contribution in [-0.2, 0) is 0 Å². The van der Waals surface area contributed by atoms with Crippen LogP contribution < -0.4 is 5.32 Å². The quantitative estimate of drug-likeness (QED) is 0.484. The molecule has 1 unspecified atom stereocenters. The van der Waals surface area contributed by atoms with Gasteiger partial charge < -0.3 is 10.4 Å². The summed E-state index contributed by atoms with van der Waals surface area (Å²) in [6.45, 7) is 0.964. The highest BCUT2D eigenvalue weighted by molar-refractivity contribution is 5.94. The van der Waals surface area contributed by atoms with Crippen molar-refractivity contribution in [3.63, 3.8) is 0 Å². The number of halogens is 4. The van der Waals surface area contributed by atoms with Gasteiger partial charge in [0.15, 0.2) is 23.3 Å². The zero-order chi connectivity index (χ0) is 13.2. The van der Waals surface area contributed by atoms with E-state index in [-0.39, 0.29) is 6.07 Å². The molecule has 3 nitrogen and oxygen atoms in total. The topological polar surface area (TPSA) is 49.3 Å². The number of hydrogen-bond donors (Lipinski definition) is 2. The van der Waals surface area contributed by atoms with Crippen LogP contribution in [0.3, 0.4) is 0 Å². The molecule has 0 radical (unpaired) electrons. The lowest BCUT2D eigenvalue weighted by molar-refractivity contribution is 0.0916. The molecule has 0 aliphatic carbocycles. The van der Waals surface area contributed by atoms with E-state index in [2.05, 4.69) is 5.32 Å². The average molecular weight is 251 g/mol. The Morgan fingerprint density at radius 2 is 1.88 bits per heavy atom. The lowest BCUT2D eigenvalue weighted by Gasteiger charge is -2.11. The summed E-state index contributed by atoms with van der Waals surface area (Å²) in [7, 11) is 0. The molecule has 0 heterocycles. The fraction of sp³-hybridized carbons (Fsp3) is 0.300. The predicted molar refractivity (Wildman–Crippen MR) is 50.3 cm³/mol. The SMILES string of the molecule is CC(CO)NC(=O)c1cc(F)c(F)c(F)c1F. The summed E-state index contributed by atoms with van der Waals surface area (Å²) < 4.78 is 51.3. The number of aliphatic hydroxyl groups is 1. The first-order valence-corrected chi connectivity index (χ1v) is 4.63. The number of hydrogen-bond acceptors (Lipinski definition) is 2. The Morgan fingerprint density at radius 1 is 1.29 bits per heavy atom. The van der Waals surface area contributed by atoms with Gasteiger partial charge in [-0.25, -0.2) is 17.6 Å². The largest absolute Gasteiger partial charge is 0.394 e. The summed E-state index contributed by atoms with van der Waals surface area (Å²) in [4.78, 5) is 11.3. The van der Waals surface area contributed by atoms with E-state index < -0.39 is 47.4 Å². The summed E-state index contributed by atoms with van der Waals surface area (Å²) in [5.41, 5.74) is -0.957. The molecule has 0 aliphatic heterocycles. The number of aliphatic hydroxyl groups excluding tert-OH is 1. The molecule has 1 rings (SSSR count). The van der Waals surface area contributed by atoms with Gasteiger partial charge in [-0.05, 0) is 13.0 Å². The van der Waals surface area contributed by atoms with Crippen LogP contribution in [-0.4, -0.2) is 23.7 Å². The third-order valence-corrected chi connectivity index (χ3v) is 2.00. The van der Waals surface area contributed by atoms with Crippen LogP contribution in [0.15, 0.2) is 6.07 Å². The molecule has 7 heteroatoms. The smallest absolute Gasteiger partial charge is 0.254 e. The molecule has 17 heavy (non-hydrogen) atoms. The number of amides is 1. The van der Waals surface area contributed by atoms with E-state index in [9.17, 15) is 22.4 Å². The average Bonchev–Trinajstić information content (AvgIpc) is 2.30. The molecule has 0 spiro atoms. The number of benzene rings is 1. The third-order valence-electron chi connectivity index (χ3n) is 2.00. The zero-order valence-electron chi connectivity index (χ0n) is 8.73. The van der Waals surface area contributed by atoms with E-state index in [0.29, 0.717) is 0 Å². The van der Waals surface area contributed by atoms with Gasteiger partial charge in [-0.2, -0.15) is 0 Å². The number of carbonyl (C=O) groups is 1. The van der Waals surface area contributed by atoms with Crippen molar-refractivity contribution in [1.82, 2.24) is 5.32 Å². The molecule has 0 aliphatic rings. The van der Waals surface area contributed by atoms with E-state index in [1.165, 1.54) is 6.92 Å². The van der Waals surface area contributed by atoms with Gasteiger partial charge in [-0.15, -0.1) is 0 Å². The van der Waals surface area contributed by atoms with Gasteiger partial charge in [0.25, 0.3) is 5.91 Å². The fourth-order valence-corrected chi connectivity index (χ4v) is 1.09. The number of carbonyl (C=O) groups excluding carboxylic acids is 1. The Labute approximate surface area is 94.1 Å². The van der Waals surface area contributed by atoms with Gasteiger partial charge in [0, 0.05) is 6.04 Å². The molecule has 0 aromatic heterocycles. The normalized spacial score (nSPS) is 12.4. The van der Waals surface area contributed by atoms with Crippen molar-refractivity contribution in [2.75, 3.05) is 6.61 Å². The minimum atomic E-state index is -2.05. The molecule has 1 aromatic rings. The van der Waals surface area contributed by atoms with Gasteiger partial charge >= 0.3 is 0 Å². The first-order chi connectivity index (χ1) is 7.88. The Kier molecular flexibility index (Phi) is 4.06. The van der Waals surface area contributed by atoms with Gasteiger partial charge in [0.05, 0.1) is 12.2 Å². The van der Waals surface area contributed by atoms with Crippen molar-refractivity contribution in [3.8, 4) is 0 Å². The molecule has 1 amide bonds. The molecule has 0 bridgehead atoms. The van der Waals surface area contributed by atoms with E-state index >= 15 is 0 Å². The third kappa shape index (κ3) is 2.73. The summed E-state index contributed by atoms with van der Waals surface area (Å²) in [5, 5.41) is 10.7. The maximum absolute atomic E-state index is 13.1. The number of rotatable bonds is 3. The minimum absolute atomic E-state index is 0.257. The van der Waals surface area contributed by atoms with Gasteiger partial charge in [0.2, 0.25) is 0 Å². The van der Waals surface area contributed by atoms with Gasteiger partial charge in [-0.3, -0.25) is 4.79 Å². The van der Waals surface area contributed by atoms with Crippen LogP contribution >= 0.6 is 0 Å². The summed E-state index contributed by atoms with van der Waals surface area (Å²) in [6, 6.07) is -0.467. The van der Waals surface area contributed by atoms with Crippen LogP contribution in [0.25, 0.3) is 0 Å². The summed E-state index contributed by atoms with van der Waals surface area (Å²) in [5.74, 6) is -8.60. The lowest BCUT2D eigenvalue weighted by atomic mass is 10.1. The monoisotopic (exact) mass is 251 g/mol. The van der Waals surface area contributed by atoms with Crippen molar-refractivity contribution in [2.24, 2.45) is 0 Å². The highest BCUT2D eigenvalue weighted by atomic mass is 19.2. The first kappa shape index (κ1) is 13.4. The lowest BCUT2D eigenvalue weighted by Crippen LogP contribution is -2.35. The van der Waals surface area contributed by atoms with E-state index in [0.717, 1.165) is 0 Å². The van der Waals surface area contributed by atoms with Crippen molar-refractivity contribution in [3.05, 3.63) is 34.9 Å². The molecule has 1 aromatic carbocycles. The molecule has 2 N–H and O–H groups in total. The predicted octanol–water partition coefficient (Wildman–Crippen LogP) is 1.35. The Bertz CT molecular complexity index is 450. The molecule has 0 fully saturated rings. The summed E-state index contributed by atoms with van der Waals surface area (Å²) in [6.07, 6.45) is 0. The van der Waals surface area contributed by atoms with Crippen molar-refractivity contribution < 1.29 is 27.5 Å². The van der Waals surface area contributed by atoms with Crippen LogP contribution in [0.2, 0.25) is 0 Å². The molecule has 0 saturated carbocycles. The highest BCUT2D eigenvalue weighted by Crippen LogP contribution is 2.18. The Hall–Kier alpha value is -1.63. The molecule has 1 atom stereocenters. The van der Waals surface area contributed by atoms with Crippen LogP contribution in [0.5, 0.6) is 0 Å². The first-order valence-electron chi connectivity index (χ1n) is 4.63. The maximum atomic E-state index is 13.1. The van der Waals surface area contributed by atoms with E-state index in [1.54, 1.807) is 0 Å². The Morgan fingerprint density at radius 3 is 2.41 bits per heavy atom. The van der Waals surface area contributed by atoms with E-state index in [1.807, 2.05) is 0 Å². The summed E-state index contributed by atoms with van der Waals surface area (Å²) >= 11 is 0. The maximum Gasteiger partial charge on any atom is 0.254 e. The van der Waals surface area contributed by atoms with Crippen LogP contribution in [0.1, 0.15) is 17.3 Å². The highest BCUT2D eigenvalue weighted by Gasteiger charge is 2.23. The van der Waals surface area contributed by atoms with Crippen LogP contribution in [0.4, 0.5) is 17.6 Å². The van der Waals surface area contributed by atoms with Crippen molar-refractivity contribution in [2.45, 2.75) is 13.0 Å². The van der Waals surface area contributed by atoms with Crippen LogP contribution in [0, 0.1) is 23.3 Å². The standard InChI is InChI=1S/C10H9F4NO2/c1-4(3-16)15-10(17)5-2-6(11)8(13)9(14)7(5)12/h2,4,16H,3H2,1H3,(H,15,17). The Balaban J connectivity index is 3.11. The molecular weight excluding hydrogens is 242 g/mol. The van der Waals surface area contributed by atoms with E-state index in [4.69, 9.17) is 5.11 Å². The van der Waals surface area contributed by atoms with Gasteiger partial charge in [0.1, 0.15) is 0 Å². The second-order valence-corrected chi connectivity index (χ2v) is 3.40. The van der Waals surface area contributed by atoms with Crippen molar-refractivity contribution in [1.29, 1.82) is 0 Å². The second-order valence-electron chi connectivity index (χ2n) is 3.40. The zero-order valence-corrected chi connectivity index (χ0v) is 8.73. The minimum Gasteiger partial charge on any atom is -0.394 e. The molecule has 94 valence electrons. The fourth-order valence-electron chi connectivity index (χ4n) is 1.09. The number of nitrogens with one attached hydrogen (secondary N) is 1. The second kappa shape index (κ2) is 5.13.